The summed E-state index contributed by atoms with van der Waals surface area (Å²) >= 11 is 0.822. The lowest BCUT2D eigenvalue weighted by Crippen LogP contribution is -2.17. The Morgan fingerprint density at radius 2 is 2.00 bits per heavy atom. The molecule has 2 rings (SSSR count). The molecule has 0 atom stereocenters. The van der Waals surface area contributed by atoms with Crippen LogP contribution >= 0.6 is 11.5 Å². The molecule has 0 aliphatic heterocycles. The smallest absolute Gasteiger partial charge is 0.333 e. The normalized spacial score (nSPS) is 11.2. The highest BCUT2D eigenvalue weighted by molar-refractivity contribution is 7.10. The number of nitrogens with zero attached hydrogens (tertiary/aromatic N) is 2. The number of H-pyrrole nitrogens is 1. The molecule has 0 fully saturated rings. The van der Waals surface area contributed by atoms with Crippen molar-refractivity contribution >= 4 is 22.2 Å². The monoisotopic (exact) mass is 299 g/mol. The number of para-hydroxylation sites is 1. The van der Waals surface area contributed by atoms with E-state index in [-0.39, 0.29) is 16.3 Å². The van der Waals surface area contributed by atoms with Crippen molar-refractivity contribution in [2.45, 2.75) is 6.18 Å². The number of rotatable bonds is 2. The molecule has 0 bridgehead atoms. The number of nitrogens with one attached hydrogen (secondary N) is 1. The fourth-order valence-electron chi connectivity index (χ4n) is 1.74. The maximum atomic E-state index is 13.0. The lowest BCUT2D eigenvalue weighted by molar-refractivity contribution is -0.137. The van der Waals surface area contributed by atoms with Gasteiger partial charge in [0.15, 0.2) is 5.56 Å². The van der Waals surface area contributed by atoms with Gasteiger partial charge in [-0.15, -0.1) is 0 Å². The van der Waals surface area contributed by atoms with E-state index in [0.29, 0.717) is 0 Å². The highest BCUT2D eigenvalue weighted by Gasteiger charge is 2.34. The summed E-state index contributed by atoms with van der Waals surface area (Å²) in [5.74, 6) is 0. The zero-order chi connectivity index (χ0) is 14.9. The van der Waals surface area contributed by atoms with Crippen LogP contribution in [-0.4, -0.2) is 11.4 Å². The van der Waals surface area contributed by atoms with Crippen LogP contribution in [0.2, 0.25) is 0 Å². The summed E-state index contributed by atoms with van der Waals surface area (Å²) in [6, 6.07) is 6.68. The van der Waals surface area contributed by atoms with Crippen molar-refractivity contribution < 1.29 is 13.2 Å². The Bertz CT molecular complexity index is 727. The molecule has 0 saturated carbocycles. The number of nitriles is 1. The highest BCUT2D eigenvalue weighted by atomic mass is 32.1. The van der Waals surface area contributed by atoms with Gasteiger partial charge < -0.3 is 4.90 Å². The molecule has 4 nitrogen and oxygen atoms in total. The van der Waals surface area contributed by atoms with Crippen LogP contribution in [0.25, 0.3) is 0 Å². The number of alkyl halides is 3. The van der Waals surface area contributed by atoms with E-state index in [1.165, 1.54) is 30.1 Å². The Morgan fingerprint density at radius 3 is 2.60 bits per heavy atom. The van der Waals surface area contributed by atoms with Crippen LogP contribution in [0, 0.1) is 11.3 Å². The van der Waals surface area contributed by atoms with Gasteiger partial charge in [-0.3, -0.25) is 9.17 Å². The van der Waals surface area contributed by atoms with Gasteiger partial charge in [-0.05, 0) is 23.7 Å². The molecule has 0 unspecified atom stereocenters. The fraction of sp³-hybridized carbons (Fsp3) is 0.167. The Balaban J connectivity index is 2.58. The van der Waals surface area contributed by atoms with Gasteiger partial charge >= 0.3 is 6.18 Å². The van der Waals surface area contributed by atoms with Gasteiger partial charge in [-0.2, -0.15) is 18.4 Å². The number of anilines is 2. The van der Waals surface area contributed by atoms with E-state index in [0.717, 1.165) is 17.6 Å². The summed E-state index contributed by atoms with van der Waals surface area (Å²) in [6.45, 7) is 0. The number of benzene rings is 1. The summed E-state index contributed by atoms with van der Waals surface area (Å²) in [5, 5.41) is 9.05. The molecule has 1 heterocycles. The molecular weight excluding hydrogens is 291 g/mol. The second-order valence-corrected chi connectivity index (χ2v) is 4.69. The average Bonchev–Trinajstić information content (AvgIpc) is 2.78. The molecule has 8 heteroatoms. The van der Waals surface area contributed by atoms with Gasteiger partial charge in [-0.1, -0.05) is 12.1 Å². The summed E-state index contributed by atoms with van der Waals surface area (Å²) in [7, 11) is 1.38. The molecule has 1 aromatic carbocycles. The first-order valence-corrected chi connectivity index (χ1v) is 6.19. The standard InChI is InChI=1S/C12H8F3N3OS/c1-18(11-7(6-16)10(19)17-20-11)9-5-3-2-4-8(9)12(13,14)15/h2-5H,1H3,(H,17,19). The van der Waals surface area contributed by atoms with E-state index in [2.05, 4.69) is 4.37 Å². The van der Waals surface area contributed by atoms with Gasteiger partial charge in [0.25, 0.3) is 5.56 Å². The van der Waals surface area contributed by atoms with Crippen molar-refractivity contribution in [3.05, 3.63) is 45.7 Å². The molecule has 1 N–H and O–H groups in total. The molecular formula is C12H8F3N3OS. The predicted molar refractivity (Wildman–Crippen MR) is 69.2 cm³/mol. The topological polar surface area (TPSA) is 59.9 Å². The van der Waals surface area contributed by atoms with E-state index in [1.54, 1.807) is 6.07 Å². The third kappa shape index (κ3) is 2.40. The SMILES string of the molecule is CN(c1ccccc1C(F)(F)F)c1s[nH]c(=O)c1C#N. The van der Waals surface area contributed by atoms with Crippen LogP contribution < -0.4 is 10.5 Å². The molecule has 1 aromatic heterocycles. The molecule has 104 valence electrons. The van der Waals surface area contributed by atoms with Gasteiger partial charge in [0.1, 0.15) is 11.1 Å². The predicted octanol–water partition coefficient (Wildman–Crippen LogP) is 3.09. The first-order valence-electron chi connectivity index (χ1n) is 5.37. The van der Waals surface area contributed by atoms with Crippen molar-refractivity contribution in [2.24, 2.45) is 0 Å². The Hall–Kier alpha value is -2.27. The Kier molecular flexibility index (Phi) is 3.55. The maximum Gasteiger partial charge on any atom is 0.418 e. The van der Waals surface area contributed by atoms with Gasteiger partial charge in [0.05, 0.1) is 11.3 Å². The van der Waals surface area contributed by atoms with E-state index in [4.69, 9.17) is 5.26 Å². The second-order valence-electron chi connectivity index (χ2n) is 3.90. The first kappa shape index (κ1) is 14.1. The Morgan fingerprint density at radius 1 is 1.35 bits per heavy atom. The summed E-state index contributed by atoms with van der Waals surface area (Å²) in [5.41, 5.74) is -1.75. The maximum absolute atomic E-state index is 13.0. The number of hydrogen-bond acceptors (Lipinski definition) is 4. The molecule has 20 heavy (non-hydrogen) atoms. The minimum Gasteiger partial charge on any atom is -0.333 e. The Labute approximate surface area is 115 Å². The zero-order valence-corrected chi connectivity index (χ0v) is 11.0. The number of hydrogen-bond donors (Lipinski definition) is 1. The lowest BCUT2D eigenvalue weighted by Gasteiger charge is -2.21. The van der Waals surface area contributed by atoms with E-state index < -0.39 is 17.3 Å². The minimum atomic E-state index is -4.51. The van der Waals surface area contributed by atoms with Crippen molar-refractivity contribution in [3.63, 3.8) is 0 Å². The van der Waals surface area contributed by atoms with Crippen molar-refractivity contribution in [2.75, 3.05) is 11.9 Å². The summed E-state index contributed by atoms with van der Waals surface area (Å²) < 4.78 is 41.2. The van der Waals surface area contributed by atoms with E-state index >= 15 is 0 Å². The largest absolute Gasteiger partial charge is 0.418 e. The van der Waals surface area contributed by atoms with Crippen LogP contribution in [0.3, 0.4) is 0 Å². The molecule has 0 spiro atoms. The number of aromatic nitrogens is 1. The van der Waals surface area contributed by atoms with Crippen LogP contribution in [-0.2, 0) is 6.18 Å². The quantitative estimate of drug-likeness (QED) is 0.927. The van der Waals surface area contributed by atoms with Crippen molar-refractivity contribution in [1.82, 2.24) is 4.37 Å². The first-order chi connectivity index (χ1) is 9.36. The minimum absolute atomic E-state index is 0.119. The van der Waals surface area contributed by atoms with Crippen LogP contribution in [0.5, 0.6) is 0 Å². The third-order valence-corrected chi connectivity index (χ3v) is 3.63. The molecule has 0 aliphatic carbocycles. The fourth-order valence-corrected chi connectivity index (χ4v) is 2.51. The summed E-state index contributed by atoms with van der Waals surface area (Å²) in [4.78, 5) is 12.6. The molecule has 2 aromatic rings. The molecule has 0 aliphatic rings. The third-order valence-electron chi connectivity index (χ3n) is 2.67. The van der Waals surface area contributed by atoms with Crippen molar-refractivity contribution in [3.8, 4) is 6.07 Å². The van der Waals surface area contributed by atoms with Crippen LogP contribution in [0.1, 0.15) is 11.1 Å². The zero-order valence-electron chi connectivity index (χ0n) is 10.2. The highest BCUT2D eigenvalue weighted by Crippen LogP contribution is 2.39. The second kappa shape index (κ2) is 5.02. The van der Waals surface area contributed by atoms with Gasteiger partial charge in [-0.25, -0.2) is 0 Å². The van der Waals surface area contributed by atoms with Crippen molar-refractivity contribution in [1.29, 1.82) is 5.26 Å². The summed E-state index contributed by atoms with van der Waals surface area (Å²) in [6.07, 6.45) is -4.51. The molecule has 0 amide bonds. The van der Waals surface area contributed by atoms with Crippen LogP contribution in [0.4, 0.5) is 23.9 Å². The molecule has 0 radical (unpaired) electrons. The number of halogens is 3. The van der Waals surface area contributed by atoms with Gasteiger partial charge in [0.2, 0.25) is 0 Å². The van der Waals surface area contributed by atoms with Crippen LogP contribution in [0.15, 0.2) is 29.1 Å². The van der Waals surface area contributed by atoms with E-state index in [9.17, 15) is 18.0 Å². The van der Waals surface area contributed by atoms with E-state index in [1.807, 2.05) is 0 Å². The number of aromatic amines is 1. The van der Waals surface area contributed by atoms with Gasteiger partial charge in [0, 0.05) is 7.05 Å². The molecule has 0 saturated heterocycles. The lowest BCUT2D eigenvalue weighted by atomic mass is 10.1. The average molecular weight is 299 g/mol.